The highest BCUT2D eigenvalue weighted by Gasteiger charge is 2.15. The number of hydrogen-bond acceptors (Lipinski definition) is 5. The van der Waals surface area contributed by atoms with Crippen LogP contribution in [0.5, 0.6) is 5.75 Å². The lowest BCUT2D eigenvalue weighted by Gasteiger charge is -2.09. The Morgan fingerprint density at radius 2 is 1.77 bits per heavy atom. The number of aryl methyl sites for hydroxylation is 1. The molecule has 4 aromatic rings. The van der Waals surface area contributed by atoms with Crippen molar-refractivity contribution in [3.8, 4) is 16.9 Å². The molecule has 130 valence electrons. The fraction of sp³-hybridized carbons (Fsp3) is 0.100. The van der Waals surface area contributed by atoms with Gasteiger partial charge in [-0.15, -0.1) is 11.3 Å². The fourth-order valence-corrected chi connectivity index (χ4v) is 3.99. The first kappa shape index (κ1) is 16.8. The predicted molar refractivity (Wildman–Crippen MR) is 109 cm³/mol. The van der Waals surface area contributed by atoms with E-state index in [4.69, 9.17) is 11.6 Å². The van der Waals surface area contributed by atoms with Gasteiger partial charge >= 0.3 is 0 Å². The first-order chi connectivity index (χ1) is 12.6. The first-order valence-electron chi connectivity index (χ1n) is 8.24. The van der Waals surface area contributed by atoms with Gasteiger partial charge in [0.15, 0.2) is 0 Å². The van der Waals surface area contributed by atoms with Crippen LogP contribution in [0.3, 0.4) is 0 Å². The average molecular weight is 382 g/mol. The minimum atomic E-state index is 0.202. The number of aromatic hydroxyl groups is 1. The number of nitrogens with zero attached hydrogens (tertiary/aromatic N) is 2. The van der Waals surface area contributed by atoms with Crippen molar-refractivity contribution in [3.63, 3.8) is 0 Å². The molecule has 0 unspecified atom stereocenters. The zero-order valence-electron chi connectivity index (χ0n) is 14.0. The van der Waals surface area contributed by atoms with Crippen molar-refractivity contribution >= 4 is 44.7 Å². The van der Waals surface area contributed by atoms with Gasteiger partial charge < -0.3 is 10.4 Å². The molecule has 26 heavy (non-hydrogen) atoms. The molecule has 0 bridgehead atoms. The van der Waals surface area contributed by atoms with Crippen molar-refractivity contribution in [2.45, 2.75) is 13.3 Å². The summed E-state index contributed by atoms with van der Waals surface area (Å²) < 4.78 is 0. The minimum Gasteiger partial charge on any atom is -0.508 e. The number of rotatable bonds is 4. The summed E-state index contributed by atoms with van der Waals surface area (Å²) in [7, 11) is 0. The number of phenolic OH excluding ortho intramolecular Hbond substituents is 1. The zero-order valence-corrected chi connectivity index (χ0v) is 15.6. The molecule has 6 heteroatoms. The van der Waals surface area contributed by atoms with Gasteiger partial charge in [-0.2, -0.15) is 4.98 Å². The predicted octanol–water partition coefficient (Wildman–Crippen LogP) is 6.02. The number of halogens is 1. The topological polar surface area (TPSA) is 58.0 Å². The van der Waals surface area contributed by atoms with Gasteiger partial charge in [0, 0.05) is 16.6 Å². The van der Waals surface area contributed by atoms with Crippen LogP contribution in [-0.2, 0) is 6.42 Å². The Balaban J connectivity index is 1.83. The van der Waals surface area contributed by atoms with Gasteiger partial charge in [0.25, 0.3) is 0 Å². The Kier molecular flexibility index (Phi) is 4.49. The van der Waals surface area contributed by atoms with Crippen molar-refractivity contribution in [2.24, 2.45) is 0 Å². The number of fused-ring (bicyclic) bond motifs is 1. The third kappa shape index (κ3) is 3.23. The van der Waals surface area contributed by atoms with Crippen LogP contribution >= 0.6 is 22.9 Å². The van der Waals surface area contributed by atoms with Crippen LogP contribution in [0.4, 0.5) is 11.5 Å². The molecule has 0 fully saturated rings. The molecule has 2 aromatic carbocycles. The molecule has 2 aromatic heterocycles. The van der Waals surface area contributed by atoms with E-state index in [1.54, 1.807) is 35.6 Å². The monoisotopic (exact) mass is 381 g/mol. The van der Waals surface area contributed by atoms with Crippen LogP contribution in [-0.4, -0.2) is 15.1 Å². The number of hydrogen-bond donors (Lipinski definition) is 2. The lowest BCUT2D eigenvalue weighted by atomic mass is 10.0. The van der Waals surface area contributed by atoms with E-state index in [0.717, 1.165) is 33.5 Å². The highest BCUT2D eigenvalue weighted by atomic mass is 35.5. The summed E-state index contributed by atoms with van der Waals surface area (Å²) in [5.74, 6) is 0.871. The number of thiophene rings is 1. The van der Waals surface area contributed by atoms with Crippen molar-refractivity contribution in [3.05, 3.63) is 64.8 Å². The third-order valence-corrected chi connectivity index (χ3v) is 5.25. The van der Waals surface area contributed by atoms with Crippen molar-refractivity contribution in [1.29, 1.82) is 0 Å². The summed E-state index contributed by atoms with van der Waals surface area (Å²) >= 11 is 7.66. The highest BCUT2D eigenvalue weighted by molar-refractivity contribution is 7.17. The third-order valence-electron chi connectivity index (χ3n) is 4.21. The summed E-state index contributed by atoms with van der Waals surface area (Å²) in [6.45, 7) is 2.14. The van der Waals surface area contributed by atoms with Gasteiger partial charge in [-0.3, -0.25) is 0 Å². The second-order valence-corrected chi connectivity index (χ2v) is 7.09. The normalized spacial score (nSPS) is 11.0. The molecule has 0 spiro atoms. The van der Waals surface area contributed by atoms with E-state index in [2.05, 4.69) is 51.9 Å². The molecule has 0 saturated heterocycles. The van der Waals surface area contributed by atoms with Gasteiger partial charge in [-0.05, 0) is 53.4 Å². The maximum absolute atomic E-state index is 9.47. The smallest absolute Gasteiger partial charge is 0.225 e. The van der Waals surface area contributed by atoms with E-state index in [1.807, 2.05) is 0 Å². The molecular weight excluding hydrogens is 366 g/mol. The van der Waals surface area contributed by atoms with Crippen molar-refractivity contribution in [1.82, 2.24) is 9.97 Å². The number of nitrogens with one attached hydrogen (secondary N) is 1. The van der Waals surface area contributed by atoms with E-state index in [1.165, 1.54) is 5.56 Å². The molecule has 0 aliphatic rings. The Bertz CT molecular complexity index is 1060. The maximum atomic E-state index is 9.47. The van der Waals surface area contributed by atoms with Crippen LogP contribution in [0.1, 0.15) is 12.5 Å². The van der Waals surface area contributed by atoms with E-state index >= 15 is 0 Å². The molecule has 0 radical (unpaired) electrons. The van der Waals surface area contributed by atoms with Crippen LogP contribution in [0.2, 0.25) is 5.28 Å². The van der Waals surface area contributed by atoms with E-state index in [9.17, 15) is 5.11 Å². The van der Waals surface area contributed by atoms with Gasteiger partial charge in [0.1, 0.15) is 16.4 Å². The van der Waals surface area contributed by atoms with Gasteiger partial charge in [0.2, 0.25) is 5.28 Å². The lowest BCUT2D eigenvalue weighted by Crippen LogP contribution is -1.96. The summed E-state index contributed by atoms with van der Waals surface area (Å²) in [5, 5.41) is 16.0. The van der Waals surface area contributed by atoms with Crippen LogP contribution in [0.15, 0.2) is 53.9 Å². The number of benzene rings is 2. The summed E-state index contributed by atoms with van der Waals surface area (Å²) in [6, 6.07) is 15.4. The zero-order chi connectivity index (χ0) is 18.1. The fourth-order valence-electron chi connectivity index (χ4n) is 2.82. The van der Waals surface area contributed by atoms with Crippen LogP contribution in [0, 0.1) is 0 Å². The molecule has 0 aliphatic carbocycles. The summed E-state index contributed by atoms with van der Waals surface area (Å²) in [4.78, 5) is 9.60. The molecule has 0 atom stereocenters. The number of aromatic nitrogens is 2. The summed E-state index contributed by atoms with van der Waals surface area (Å²) in [5.41, 5.74) is 4.31. The molecule has 0 aliphatic heterocycles. The van der Waals surface area contributed by atoms with Crippen LogP contribution < -0.4 is 5.32 Å². The number of phenols is 1. The second kappa shape index (κ2) is 6.94. The molecule has 4 rings (SSSR count). The molecule has 2 N–H and O–H groups in total. The summed E-state index contributed by atoms with van der Waals surface area (Å²) in [6.07, 6.45) is 1.01. The second-order valence-electron chi connectivity index (χ2n) is 5.89. The number of anilines is 2. The van der Waals surface area contributed by atoms with E-state index in [0.29, 0.717) is 5.82 Å². The standard InChI is InChI=1S/C20H16ClN3OS/c1-2-12-3-5-13(6-4-12)16-11-26-19-17(16)18(23-20(21)24-19)22-14-7-9-15(25)10-8-14/h3-11,25H,2H2,1H3,(H,22,23,24). The molecular formula is C20H16ClN3OS. The molecule has 0 saturated carbocycles. The quantitative estimate of drug-likeness (QED) is 0.335. The SMILES string of the molecule is CCc1ccc(-c2csc3nc(Cl)nc(Nc4ccc(O)cc4)c23)cc1. The van der Waals surface area contributed by atoms with E-state index in [-0.39, 0.29) is 11.0 Å². The Morgan fingerprint density at radius 3 is 2.46 bits per heavy atom. The Hall–Kier alpha value is -2.63. The van der Waals surface area contributed by atoms with Crippen molar-refractivity contribution < 1.29 is 5.11 Å². The maximum Gasteiger partial charge on any atom is 0.225 e. The van der Waals surface area contributed by atoms with Crippen molar-refractivity contribution in [2.75, 3.05) is 5.32 Å². The van der Waals surface area contributed by atoms with E-state index < -0.39 is 0 Å². The molecule has 0 amide bonds. The average Bonchev–Trinajstić information content (AvgIpc) is 3.07. The minimum absolute atomic E-state index is 0.202. The Morgan fingerprint density at radius 1 is 1.04 bits per heavy atom. The van der Waals surface area contributed by atoms with Gasteiger partial charge in [-0.25, -0.2) is 4.98 Å². The highest BCUT2D eigenvalue weighted by Crippen LogP contribution is 2.38. The molecule has 2 heterocycles. The van der Waals surface area contributed by atoms with Gasteiger partial charge in [0.05, 0.1) is 5.39 Å². The first-order valence-corrected chi connectivity index (χ1v) is 9.50. The largest absolute Gasteiger partial charge is 0.508 e. The van der Waals surface area contributed by atoms with Gasteiger partial charge in [-0.1, -0.05) is 31.2 Å². The Labute approximate surface area is 160 Å². The lowest BCUT2D eigenvalue weighted by molar-refractivity contribution is 0.475. The molecule has 4 nitrogen and oxygen atoms in total. The van der Waals surface area contributed by atoms with Crippen LogP contribution in [0.25, 0.3) is 21.3 Å².